The predicted octanol–water partition coefficient (Wildman–Crippen LogP) is 3.25. The van der Waals surface area contributed by atoms with Crippen molar-refractivity contribution in [2.45, 2.75) is 75.0 Å². The molecule has 186 valence electrons. The molecule has 0 spiro atoms. The molecule has 3 aliphatic rings. The Kier molecular flexibility index (Phi) is 7.21. The lowest BCUT2D eigenvalue weighted by molar-refractivity contribution is -0.144. The van der Waals surface area contributed by atoms with Gasteiger partial charge in [0.2, 0.25) is 11.8 Å². The highest BCUT2D eigenvalue weighted by Gasteiger charge is 2.45. The van der Waals surface area contributed by atoms with Gasteiger partial charge in [0.05, 0.1) is 6.04 Å². The lowest BCUT2D eigenvalue weighted by atomic mass is 9.94. The van der Waals surface area contributed by atoms with E-state index in [9.17, 15) is 9.59 Å². The van der Waals surface area contributed by atoms with E-state index in [-0.39, 0.29) is 35.9 Å². The summed E-state index contributed by atoms with van der Waals surface area (Å²) in [6, 6.07) is 20.3. The van der Waals surface area contributed by atoms with Crippen LogP contribution in [0.2, 0.25) is 0 Å². The summed E-state index contributed by atoms with van der Waals surface area (Å²) in [4.78, 5) is 31.6. The fraction of sp³-hybridized carbons (Fsp3) is 0.517. The van der Waals surface area contributed by atoms with E-state index >= 15 is 0 Å². The highest BCUT2D eigenvalue weighted by atomic mass is 16.2. The number of piperidine rings is 1. The number of amides is 2. The summed E-state index contributed by atoms with van der Waals surface area (Å²) >= 11 is 0. The monoisotopic (exact) mass is 474 g/mol. The Bertz CT molecular complexity index is 1010. The maximum atomic E-state index is 13.9. The first-order chi connectivity index (χ1) is 17.0. The van der Waals surface area contributed by atoms with Gasteiger partial charge in [-0.2, -0.15) is 0 Å². The molecule has 0 bridgehead atoms. The minimum atomic E-state index is -0.403. The smallest absolute Gasteiger partial charge is 0.245 e. The highest BCUT2D eigenvalue weighted by molar-refractivity contribution is 5.91. The van der Waals surface area contributed by atoms with Crippen LogP contribution >= 0.6 is 0 Å². The minimum absolute atomic E-state index is 0.00167. The topological polar surface area (TPSA) is 78.7 Å². The lowest BCUT2D eigenvalue weighted by Gasteiger charge is -2.36. The molecule has 6 heteroatoms. The Balaban J connectivity index is 1.34. The van der Waals surface area contributed by atoms with Gasteiger partial charge >= 0.3 is 0 Å². The molecular weight excluding hydrogens is 436 g/mol. The first kappa shape index (κ1) is 24.0. The number of hydrogen-bond acceptors (Lipinski definition) is 4. The maximum absolute atomic E-state index is 13.9. The van der Waals surface area contributed by atoms with E-state index in [0.29, 0.717) is 18.9 Å². The Morgan fingerprint density at radius 1 is 0.886 bits per heavy atom. The molecule has 3 heterocycles. The number of benzene rings is 2. The van der Waals surface area contributed by atoms with E-state index in [2.05, 4.69) is 41.7 Å². The molecule has 0 aromatic heterocycles. The maximum Gasteiger partial charge on any atom is 0.245 e. The van der Waals surface area contributed by atoms with Crippen LogP contribution in [-0.4, -0.2) is 65.4 Å². The van der Waals surface area contributed by atoms with Crippen LogP contribution in [0.25, 0.3) is 0 Å². The molecule has 2 amide bonds. The van der Waals surface area contributed by atoms with E-state index in [4.69, 9.17) is 5.73 Å². The van der Waals surface area contributed by atoms with Crippen molar-refractivity contribution in [2.24, 2.45) is 5.73 Å². The van der Waals surface area contributed by atoms with Gasteiger partial charge in [0.1, 0.15) is 6.04 Å². The number of hydrogen-bond donors (Lipinski definition) is 2. The van der Waals surface area contributed by atoms with Gasteiger partial charge < -0.3 is 20.9 Å². The molecule has 6 atom stereocenters. The van der Waals surface area contributed by atoms with Crippen molar-refractivity contribution in [3.8, 4) is 0 Å². The zero-order valence-electron chi connectivity index (χ0n) is 20.7. The molecule has 0 aliphatic carbocycles. The van der Waals surface area contributed by atoms with Crippen molar-refractivity contribution in [3.63, 3.8) is 0 Å². The summed E-state index contributed by atoms with van der Waals surface area (Å²) in [5, 5.41) is 3.50. The number of rotatable bonds is 5. The lowest BCUT2D eigenvalue weighted by Crippen LogP contribution is -2.58. The van der Waals surface area contributed by atoms with Crippen LogP contribution in [0.1, 0.15) is 62.0 Å². The summed E-state index contributed by atoms with van der Waals surface area (Å²) in [5.74, 6) is 0.706. The van der Waals surface area contributed by atoms with Crippen LogP contribution in [0, 0.1) is 0 Å². The normalized spacial score (nSPS) is 29.8. The van der Waals surface area contributed by atoms with Crippen molar-refractivity contribution in [3.05, 3.63) is 71.8 Å². The third kappa shape index (κ3) is 5.14. The third-order valence-electron chi connectivity index (χ3n) is 8.27. The molecule has 3 saturated heterocycles. The second kappa shape index (κ2) is 10.5. The predicted molar refractivity (Wildman–Crippen MR) is 138 cm³/mol. The molecule has 0 radical (unpaired) electrons. The largest absolute Gasteiger partial charge is 0.340 e. The molecule has 2 aromatic carbocycles. The van der Waals surface area contributed by atoms with Crippen LogP contribution in [0.4, 0.5) is 0 Å². The standard InChI is InChI=1S/C29H38N4O2/c1-20(30)25-13-8-14-26(31-25)28(34)33-19-24(22-11-6-3-7-12-22)17-27(33)29(35)32-16-15-23(18-32)21-9-4-2-5-10-21/h2-7,9-12,20,23-27,31H,8,13-19,30H2,1H3/t20-,23?,24-,25?,26?,27-/m0/s1. The molecule has 2 aromatic rings. The molecule has 3 fully saturated rings. The summed E-state index contributed by atoms with van der Waals surface area (Å²) < 4.78 is 0. The fourth-order valence-corrected chi connectivity index (χ4v) is 6.23. The van der Waals surface area contributed by atoms with E-state index < -0.39 is 6.04 Å². The second-order valence-electron chi connectivity index (χ2n) is 10.6. The number of nitrogens with one attached hydrogen (secondary N) is 1. The zero-order valence-corrected chi connectivity index (χ0v) is 20.7. The number of nitrogens with zero attached hydrogens (tertiary/aromatic N) is 2. The summed E-state index contributed by atoms with van der Waals surface area (Å²) in [5.41, 5.74) is 8.64. The van der Waals surface area contributed by atoms with Gasteiger partial charge in [0.15, 0.2) is 0 Å². The Hall–Kier alpha value is -2.70. The molecule has 5 rings (SSSR count). The molecule has 35 heavy (non-hydrogen) atoms. The van der Waals surface area contributed by atoms with Crippen molar-refractivity contribution >= 4 is 11.8 Å². The summed E-state index contributed by atoms with van der Waals surface area (Å²) in [6.45, 7) is 4.07. The Morgan fingerprint density at radius 2 is 1.54 bits per heavy atom. The van der Waals surface area contributed by atoms with Crippen molar-refractivity contribution in [2.75, 3.05) is 19.6 Å². The first-order valence-corrected chi connectivity index (χ1v) is 13.2. The van der Waals surface area contributed by atoms with Gasteiger partial charge in [-0.3, -0.25) is 9.59 Å². The molecule has 3 N–H and O–H groups in total. The third-order valence-corrected chi connectivity index (χ3v) is 8.27. The quantitative estimate of drug-likeness (QED) is 0.697. The van der Waals surface area contributed by atoms with Crippen molar-refractivity contribution in [1.82, 2.24) is 15.1 Å². The molecule has 0 saturated carbocycles. The summed E-state index contributed by atoms with van der Waals surface area (Å²) in [7, 11) is 0. The van der Waals surface area contributed by atoms with E-state index in [1.54, 1.807) is 0 Å². The Labute approximate surface area is 208 Å². The van der Waals surface area contributed by atoms with Crippen LogP contribution in [0.5, 0.6) is 0 Å². The highest BCUT2D eigenvalue weighted by Crippen LogP contribution is 2.36. The molecule has 6 nitrogen and oxygen atoms in total. The van der Waals surface area contributed by atoms with Crippen LogP contribution in [0.15, 0.2) is 60.7 Å². The molecule has 3 unspecified atom stereocenters. The average Bonchev–Trinajstić information content (AvgIpc) is 3.57. The van der Waals surface area contributed by atoms with Crippen LogP contribution in [-0.2, 0) is 9.59 Å². The first-order valence-electron chi connectivity index (χ1n) is 13.2. The zero-order chi connectivity index (χ0) is 24.4. The van der Waals surface area contributed by atoms with E-state index in [0.717, 1.165) is 38.8 Å². The van der Waals surface area contributed by atoms with Crippen molar-refractivity contribution < 1.29 is 9.59 Å². The number of carbonyl (C=O) groups excluding carboxylic acids is 2. The minimum Gasteiger partial charge on any atom is -0.340 e. The van der Waals surface area contributed by atoms with Crippen LogP contribution in [0.3, 0.4) is 0 Å². The van der Waals surface area contributed by atoms with Crippen LogP contribution < -0.4 is 11.1 Å². The van der Waals surface area contributed by atoms with Gasteiger partial charge in [-0.15, -0.1) is 0 Å². The van der Waals surface area contributed by atoms with Gasteiger partial charge in [-0.1, -0.05) is 60.7 Å². The molecule has 3 aliphatic heterocycles. The van der Waals surface area contributed by atoms with Gasteiger partial charge in [0, 0.05) is 43.6 Å². The average molecular weight is 475 g/mol. The van der Waals surface area contributed by atoms with Crippen molar-refractivity contribution in [1.29, 1.82) is 0 Å². The second-order valence-corrected chi connectivity index (χ2v) is 10.6. The number of likely N-dealkylation sites (tertiary alicyclic amines) is 2. The number of nitrogens with two attached hydrogens (primary N) is 1. The van der Waals surface area contributed by atoms with Gasteiger partial charge in [-0.05, 0) is 50.2 Å². The summed E-state index contributed by atoms with van der Waals surface area (Å²) in [6.07, 6.45) is 4.43. The SMILES string of the molecule is C[C@H](N)C1CCCC(C(=O)N2C[C@@H](c3ccccc3)C[C@H]2C(=O)N2CCC(c3ccccc3)C2)N1. The molecular formula is C29H38N4O2. The number of carbonyl (C=O) groups is 2. The Morgan fingerprint density at radius 3 is 2.20 bits per heavy atom. The van der Waals surface area contributed by atoms with E-state index in [1.807, 2.05) is 41.0 Å². The van der Waals surface area contributed by atoms with E-state index in [1.165, 1.54) is 11.1 Å². The van der Waals surface area contributed by atoms with Gasteiger partial charge in [0.25, 0.3) is 0 Å². The van der Waals surface area contributed by atoms with Gasteiger partial charge in [-0.25, -0.2) is 0 Å². The fourth-order valence-electron chi connectivity index (χ4n) is 6.23.